The summed E-state index contributed by atoms with van der Waals surface area (Å²) in [5.41, 5.74) is 1.10. The Balaban J connectivity index is 0.000000980. The van der Waals surface area contributed by atoms with Gasteiger partial charge in [-0.15, -0.1) is 0 Å². The Kier molecular flexibility index (Phi) is 4.75. The molecule has 1 aromatic heterocycles. The molecule has 0 aliphatic rings. The van der Waals surface area contributed by atoms with E-state index in [4.69, 9.17) is 0 Å². The van der Waals surface area contributed by atoms with Gasteiger partial charge in [0.15, 0.2) is 5.16 Å². The first-order valence-electron chi connectivity index (χ1n) is 4.09. The molecular formula is C10H11N2NaS. The fraction of sp³-hybridized carbons (Fsp3) is 0.100. The van der Waals surface area contributed by atoms with Crippen LogP contribution in [0.15, 0.2) is 46.6 Å². The number of hydrogen-bond donors (Lipinski definition) is 1. The zero-order valence-electron chi connectivity index (χ0n) is 9.32. The molecule has 0 spiro atoms. The third kappa shape index (κ3) is 3.17. The molecule has 0 unspecified atom stereocenters. The van der Waals surface area contributed by atoms with Crippen LogP contribution in [0.4, 0.5) is 0 Å². The van der Waals surface area contributed by atoms with E-state index >= 15 is 0 Å². The topological polar surface area (TPSA) is 28.7 Å². The van der Waals surface area contributed by atoms with Gasteiger partial charge in [0.25, 0.3) is 0 Å². The summed E-state index contributed by atoms with van der Waals surface area (Å²) in [6.07, 6.45) is 1.84. The number of nitrogens with zero attached hydrogens (tertiary/aromatic N) is 1. The molecule has 4 heteroatoms. The standard InChI is InChI=1S/C10H10N2S.Na.H/c1-8-7-11-10(12-8)13-9-5-3-2-4-6-9;;/h2-7H,1H3,(H,11,12);;/q;+1;-1. The van der Waals surface area contributed by atoms with Crippen molar-refractivity contribution in [2.24, 2.45) is 0 Å². The van der Waals surface area contributed by atoms with Gasteiger partial charge in [0.05, 0.1) is 0 Å². The minimum absolute atomic E-state index is 0. The van der Waals surface area contributed by atoms with Crippen LogP contribution in [0.2, 0.25) is 0 Å². The predicted octanol–water partition coefficient (Wildman–Crippen LogP) is -0.0142. The van der Waals surface area contributed by atoms with Gasteiger partial charge >= 0.3 is 29.6 Å². The van der Waals surface area contributed by atoms with E-state index in [1.54, 1.807) is 11.8 Å². The molecule has 1 aromatic carbocycles. The van der Waals surface area contributed by atoms with Gasteiger partial charge in [0.2, 0.25) is 0 Å². The first-order chi connectivity index (χ1) is 6.34. The number of aromatic amines is 1. The number of aromatic nitrogens is 2. The number of benzene rings is 1. The molecule has 2 nitrogen and oxygen atoms in total. The third-order valence-corrected chi connectivity index (χ3v) is 2.55. The zero-order chi connectivity index (χ0) is 9.10. The second kappa shape index (κ2) is 5.61. The van der Waals surface area contributed by atoms with E-state index in [0.717, 1.165) is 10.9 Å². The van der Waals surface area contributed by atoms with Crippen molar-refractivity contribution in [2.45, 2.75) is 17.0 Å². The number of H-pyrrole nitrogens is 1. The van der Waals surface area contributed by atoms with Gasteiger partial charge in [-0.2, -0.15) is 0 Å². The molecular weight excluding hydrogens is 203 g/mol. The maximum Gasteiger partial charge on any atom is 1.00 e. The van der Waals surface area contributed by atoms with Crippen LogP contribution in [0.25, 0.3) is 0 Å². The number of hydrogen-bond acceptors (Lipinski definition) is 2. The third-order valence-electron chi connectivity index (χ3n) is 1.64. The van der Waals surface area contributed by atoms with Crippen LogP contribution in [-0.2, 0) is 0 Å². The molecule has 0 saturated heterocycles. The van der Waals surface area contributed by atoms with Crippen LogP contribution in [0.3, 0.4) is 0 Å². The monoisotopic (exact) mass is 214 g/mol. The van der Waals surface area contributed by atoms with Crippen molar-refractivity contribution in [2.75, 3.05) is 0 Å². The van der Waals surface area contributed by atoms with Crippen molar-refractivity contribution in [3.05, 3.63) is 42.2 Å². The van der Waals surface area contributed by atoms with Gasteiger partial charge in [0.1, 0.15) is 0 Å². The van der Waals surface area contributed by atoms with Crippen molar-refractivity contribution in [3.8, 4) is 0 Å². The first-order valence-corrected chi connectivity index (χ1v) is 4.91. The predicted molar refractivity (Wildman–Crippen MR) is 55.0 cm³/mol. The number of nitrogens with one attached hydrogen (secondary N) is 1. The van der Waals surface area contributed by atoms with Crippen molar-refractivity contribution < 1.29 is 31.0 Å². The van der Waals surface area contributed by atoms with Gasteiger partial charge in [-0.1, -0.05) is 30.0 Å². The molecule has 1 N–H and O–H groups in total. The smallest absolute Gasteiger partial charge is 1.00 e. The van der Waals surface area contributed by atoms with Gasteiger partial charge in [-0.25, -0.2) is 4.98 Å². The van der Waals surface area contributed by atoms with Crippen LogP contribution in [0.1, 0.15) is 7.12 Å². The Bertz CT molecular complexity index is 391. The summed E-state index contributed by atoms with van der Waals surface area (Å²) in [6, 6.07) is 10.2. The van der Waals surface area contributed by atoms with Gasteiger partial charge in [-0.05, 0) is 19.1 Å². The first kappa shape index (κ1) is 11.9. The molecule has 1 heterocycles. The normalized spacial score (nSPS) is 9.50. The second-order valence-electron chi connectivity index (χ2n) is 2.79. The van der Waals surface area contributed by atoms with Crippen molar-refractivity contribution in [1.82, 2.24) is 9.97 Å². The number of imidazole rings is 1. The molecule has 68 valence electrons. The molecule has 0 aliphatic heterocycles. The fourth-order valence-electron chi connectivity index (χ4n) is 1.04. The Morgan fingerprint density at radius 3 is 2.57 bits per heavy atom. The molecule has 14 heavy (non-hydrogen) atoms. The van der Waals surface area contributed by atoms with E-state index in [9.17, 15) is 0 Å². The van der Waals surface area contributed by atoms with Gasteiger partial charge in [-0.3, -0.25) is 0 Å². The number of rotatable bonds is 2. The minimum atomic E-state index is 0. The Labute approximate surface area is 111 Å². The minimum Gasteiger partial charge on any atom is -1.00 e. The average Bonchev–Trinajstić information content (AvgIpc) is 2.53. The van der Waals surface area contributed by atoms with Crippen molar-refractivity contribution in [3.63, 3.8) is 0 Å². The van der Waals surface area contributed by atoms with E-state index in [-0.39, 0.29) is 31.0 Å². The Hall–Kier alpha value is -0.220. The zero-order valence-corrected chi connectivity index (χ0v) is 11.1. The van der Waals surface area contributed by atoms with E-state index < -0.39 is 0 Å². The van der Waals surface area contributed by atoms with Crippen LogP contribution in [0, 0.1) is 6.92 Å². The van der Waals surface area contributed by atoms with Crippen molar-refractivity contribution in [1.29, 1.82) is 0 Å². The summed E-state index contributed by atoms with van der Waals surface area (Å²) >= 11 is 1.64. The Morgan fingerprint density at radius 2 is 2.00 bits per heavy atom. The average molecular weight is 214 g/mol. The molecule has 2 rings (SSSR count). The van der Waals surface area contributed by atoms with E-state index in [1.807, 2.05) is 31.3 Å². The van der Waals surface area contributed by atoms with E-state index in [2.05, 4.69) is 22.1 Å². The quantitative estimate of drug-likeness (QED) is 0.712. The molecule has 0 atom stereocenters. The molecule has 0 bridgehead atoms. The summed E-state index contributed by atoms with van der Waals surface area (Å²) in [7, 11) is 0. The summed E-state index contributed by atoms with van der Waals surface area (Å²) < 4.78 is 0. The van der Waals surface area contributed by atoms with Gasteiger partial charge < -0.3 is 6.41 Å². The fourth-order valence-corrected chi connectivity index (χ4v) is 1.87. The van der Waals surface area contributed by atoms with Crippen LogP contribution in [0.5, 0.6) is 0 Å². The van der Waals surface area contributed by atoms with Crippen molar-refractivity contribution >= 4 is 11.8 Å². The SMILES string of the molecule is Cc1cnc(Sc2ccccc2)[nH]1.[H-].[Na+]. The molecule has 2 aromatic rings. The summed E-state index contributed by atoms with van der Waals surface area (Å²) in [5, 5.41) is 0.948. The van der Waals surface area contributed by atoms with E-state index in [1.165, 1.54) is 4.90 Å². The Morgan fingerprint density at radius 1 is 1.29 bits per heavy atom. The maximum absolute atomic E-state index is 4.22. The molecule has 0 amide bonds. The van der Waals surface area contributed by atoms with Crippen LogP contribution in [-0.4, -0.2) is 9.97 Å². The summed E-state index contributed by atoms with van der Waals surface area (Å²) in [5.74, 6) is 0. The second-order valence-corrected chi connectivity index (χ2v) is 3.85. The summed E-state index contributed by atoms with van der Waals surface area (Å²) in [6.45, 7) is 2.00. The molecule has 0 aliphatic carbocycles. The largest absolute Gasteiger partial charge is 1.00 e. The summed E-state index contributed by atoms with van der Waals surface area (Å²) in [4.78, 5) is 8.60. The molecule has 0 fully saturated rings. The van der Waals surface area contributed by atoms with E-state index in [0.29, 0.717) is 0 Å². The number of aryl methyl sites for hydroxylation is 1. The van der Waals surface area contributed by atoms with Crippen LogP contribution < -0.4 is 29.6 Å². The van der Waals surface area contributed by atoms with Crippen LogP contribution >= 0.6 is 11.8 Å². The van der Waals surface area contributed by atoms with Gasteiger partial charge in [0, 0.05) is 16.8 Å². The molecule has 0 radical (unpaired) electrons. The maximum atomic E-state index is 4.22. The molecule has 0 saturated carbocycles.